The summed E-state index contributed by atoms with van der Waals surface area (Å²) < 4.78 is 0. The third kappa shape index (κ3) is 2.93. The van der Waals surface area contributed by atoms with Gasteiger partial charge in [0.05, 0.1) is 11.0 Å². The molecule has 0 saturated carbocycles. The summed E-state index contributed by atoms with van der Waals surface area (Å²) in [7, 11) is 0. The second-order valence-corrected chi connectivity index (χ2v) is 4.10. The van der Waals surface area contributed by atoms with E-state index in [2.05, 4.69) is 23.7 Å². The van der Waals surface area contributed by atoms with E-state index in [9.17, 15) is 0 Å². The summed E-state index contributed by atoms with van der Waals surface area (Å²) in [6.45, 7) is 5.73. The van der Waals surface area contributed by atoms with E-state index in [1.54, 1.807) is 11.3 Å². The third-order valence-electron chi connectivity index (χ3n) is 1.81. The van der Waals surface area contributed by atoms with Gasteiger partial charge in [-0.3, -0.25) is 0 Å². The third-order valence-corrected chi connectivity index (χ3v) is 2.85. The number of nitrogens with two attached hydrogens (primary N) is 1. The maximum Gasteiger partial charge on any atom is 0.111 e. The van der Waals surface area contributed by atoms with Crippen LogP contribution in [0.1, 0.15) is 17.4 Å². The molecule has 3 N–H and O–H groups in total. The second kappa shape index (κ2) is 4.60. The Balaban J connectivity index is 2.29. The number of aryl methyl sites for hydroxylation is 1. The number of quaternary nitrogens is 1. The highest BCUT2D eigenvalue weighted by atomic mass is 32.1. The number of thiophene rings is 1. The average Bonchev–Trinajstić information content (AvgIpc) is 2.36. The van der Waals surface area contributed by atoms with Crippen LogP contribution < -0.4 is 5.32 Å². The van der Waals surface area contributed by atoms with Gasteiger partial charge >= 0.3 is 0 Å². The van der Waals surface area contributed by atoms with Crippen LogP contribution in [-0.2, 0) is 6.54 Å². The van der Waals surface area contributed by atoms with Crippen LogP contribution in [0.5, 0.6) is 0 Å². The SMILES string of the molecule is Cc1ccsc1C[NH2+]CC(C)O. The maximum absolute atomic E-state index is 9.02. The fraction of sp³-hybridized carbons (Fsp3) is 0.556. The molecule has 0 aliphatic heterocycles. The van der Waals surface area contributed by atoms with Crippen molar-refractivity contribution in [3.05, 3.63) is 21.9 Å². The zero-order valence-corrected chi connectivity index (χ0v) is 8.40. The molecule has 0 spiro atoms. The van der Waals surface area contributed by atoms with Gasteiger partial charge in [-0.15, -0.1) is 11.3 Å². The lowest BCUT2D eigenvalue weighted by Gasteiger charge is -2.02. The highest BCUT2D eigenvalue weighted by molar-refractivity contribution is 7.10. The van der Waals surface area contributed by atoms with E-state index in [1.807, 2.05) is 6.92 Å². The van der Waals surface area contributed by atoms with Crippen molar-refractivity contribution in [1.82, 2.24) is 0 Å². The minimum absolute atomic E-state index is 0.203. The molecular formula is C9H16NOS+. The Kier molecular flexibility index (Phi) is 3.72. The van der Waals surface area contributed by atoms with Crippen LogP contribution in [0.3, 0.4) is 0 Å². The van der Waals surface area contributed by atoms with Crippen molar-refractivity contribution in [2.45, 2.75) is 26.5 Å². The van der Waals surface area contributed by atoms with Crippen molar-refractivity contribution in [2.24, 2.45) is 0 Å². The molecule has 0 saturated heterocycles. The molecule has 0 amide bonds. The summed E-state index contributed by atoms with van der Waals surface area (Å²) >= 11 is 1.79. The molecule has 1 unspecified atom stereocenters. The minimum Gasteiger partial charge on any atom is -0.388 e. The molecule has 1 heterocycles. The van der Waals surface area contributed by atoms with E-state index in [1.165, 1.54) is 10.4 Å². The van der Waals surface area contributed by atoms with Gasteiger partial charge in [0.25, 0.3) is 0 Å². The zero-order valence-electron chi connectivity index (χ0n) is 7.58. The molecule has 12 heavy (non-hydrogen) atoms. The van der Waals surface area contributed by atoms with Crippen LogP contribution in [-0.4, -0.2) is 17.8 Å². The van der Waals surface area contributed by atoms with Crippen molar-refractivity contribution < 1.29 is 10.4 Å². The summed E-state index contributed by atoms with van der Waals surface area (Å²) in [5, 5.41) is 13.3. The highest BCUT2D eigenvalue weighted by Crippen LogP contribution is 2.13. The van der Waals surface area contributed by atoms with Crippen LogP contribution in [0.4, 0.5) is 0 Å². The van der Waals surface area contributed by atoms with Gasteiger partial charge in [0.2, 0.25) is 0 Å². The first-order valence-corrected chi connectivity index (χ1v) is 5.11. The molecule has 0 aliphatic rings. The Hall–Kier alpha value is -0.380. The molecule has 68 valence electrons. The molecule has 1 atom stereocenters. The maximum atomic E-state index is 9.02. The molecule has 2 nitrogen and oxygen atoms in total. The summed E-state index contributed by atoms with van der Waals surface area (Å²) in [4.78, 5) is 1.41. The van der Waals surface area contributed by atoms with E-state index >= 15 is 0 Å². The van der Waals surface area contributed by atoms with Crippen LogP contribution >= 0.6 is 11.3 Å². The number of hydrogen-bond donors (Lipinski definition) is 2. The van der Waals surface area contributed by atoms with Crippen LogP contribution in [0.2, 0.25) is 0 Å². The quantitative estimate of drug-likeness (QED) is 0.706. The number of aliphatic hydroxyl groups excluding tert-OH is 1. The largest absolute Gasteiger partial charge is 0.388 e. The van der Waals surface area contributed by atoms with Crippen LogP contribution in [0, 0.1) is 6.92 Å². The second-order valence-electron chi connectivity index (χ2n) is 3.10. The summed E-state index contributed by atoms with van der Waals surface area (Å²) in [6.07, 6.45) is -0.203. The standard InChI is InChI=1S/C9H15NOS/c1-7-3-4-12-9(7)6-10-5-8(2)11/h3-4,8,10-11H,5-6H2,1-2H3/p+1. The summed E-state index contributed by atoms with van der Waals surface area (Å²) in [6, 6.07) is 2.14. The van der Waals surface area contributed by atoms with Gasteiger partial charge < -0.3 is 10.4 Å². The van der Waals surface area contributed by atoms with Crippen LogP contribution in [0.15, 0.2) is 11.4 Å². The fourth-order valence-corrected chi connectivity index (χ4v) is 1.97. The lowest BCUT2D eigenvalue weighted by Crippen LogP contribution is -2.84. The van der Waals surface area contributed by atoms with Gasteiger partial charge in [0.1, 0.15) is 13.1 Å². The molecule has 1 aromatic rings. The highest BCUT2D eigenvalue weighted by Gasteiger charge is 2.02. The Labute approximate surface area is 77.2 Å². The van der Waals surface area contributed by atoms with Gasteiger partial charge in [-0.05, 0) is 30.9 Å². The number of hydrogen-bond acceptors (Lipinski definition) is 2. The number of aliphatic hydroxyl groups is 1. The van der Waals surface area contributed by atoms with Crippen molar-refractivity contribution in [1.29, 1.82) is 0 Å². The zero-order chi connectivity index (χ0) is 8.97. The predicted octanol–water partition coefficient (Wildman–Crippen LogP) is 0.501. The van der Waals surface area contributed by atoms with Crippen molar-refractivity contribution >= 4 is 11.3 Å². The first-order valence-electron chi connectivity index (χ1n) is 4.23. The van der Waals surface area contributed by atoms with Gasteiger partial charge in [-0.25, -0.2) is 0 Å². The van der Waals surface area contributed by atoms with Gasteiger partial charge in [0, 0.05) is 0 Å². The first kappa shape index (κ1) is 9.71. The predicted molar refractivity (Wildman–Crippen MR) is 51.2 cm³/mol. The topological polar surface area (TPSA) is 36.8 Å². The van der Waals surface area contributed by atoms with E-state index in [4.69, 9.17) is 5.11 Å². The van der Waals surface area contributed by atoms with E-state index < -0.39 is 0 Å². The molecule has 1 aromatic heterocycles. The first-order chi connectivity index (χ1) is 5.70. The molecule has 0 aliphatic carbocycles. The lowest BCUT2D eigenvalue weighted by molar-refractivity contribution is -0.675. The molecule has 0 aromatic carbocycles. The Morgan fingerprint density at radius 3 is 2.92 bits per heavy atom. The Bertz CT molecular complexity index is 232. The van der Waals surface area contributed by atoms with Gasteiger partial charge in [-0.2, -0.15) is 0 Å². The van der Waals surface area contributed by atoms with Gasteiger partial charge in [0.15, 0.2) is 0 Å². The van der Waals surface area contributed by atoms with E-state index in [-0.39, 0.29) is 6.10 Å². The average molecular weight is 186 g/mol. The normalized spacial score (nSPS) is 13.2. The summed E-state index contributed by atoms with van der Waals surface area (Å²) in [5.74, 6) is 0. The molecule has 0 bridgehead atoms. The van der Waals surface area contributed by atoms with Crippen LogP contribution in [0.25, 0.3) is 0 Å². The van der Waals surface area contributed by atoms with Gasteiger partial charge in [-0.1, -0.05) is 0 Å². The molecule has 0 fully saturated rings. The molecule has 0 radical (unpaired) electrons. The fourth-order valence-electron chi connectivity index (χ4n) is 1.07. The number of rotatable bonds is 4. The Morgan fingerprint density at radius 2 is 2.42 bits per heavy atom. The smallest absolute Gasteiger partial charge is 0.111 e. The Morgan fingerprint density at radius 1 is 1.67 bits per heavy atom. The lowest BCUT2D eigenvalue weighted by atomic mass is 10.3. The minimum atomic E-state index is -0.203. The molecule has 1 rings (SSSR count). The monoisotopic (exact) mass is 186 g/mol. The van der Waals surface area contributed by atoms with Crippen molar-refractivity contribution in [2.75, 3.05) is 6.54 Å². The van der Waals surface area contributed by atoms with E-state index in [0.29, 0.717) is 0 Å². The van der Waals surface area contributed by atoms with Crippen molar-refractivity contribution in [3.8, 4) is 0 Å². The summed E-state index contributed by atoms with van der Waals surface area (Å²) in [5.41, 5.74) is 1.36. The van der Waals surface area contributed by atoms with E-state index in [0.717, 1.165) is 13.1 Å². The van der Waals surface area contributed by atoms with Crippen molar-refractivity contribution in [3.63, 3.8) is 0 Å². The molecule has 3 heteroatoms. The molecular weight excluding hydrogens is 170 g/mol.